The molecular formula is C26H33N5O. The van der Waals surface area contributed by atoms with Crippen LogP contribution in [0.3, 0.4) is 0 Å². The maximum atomic E-state index is 13.4. The van der Waals surface area contributed by atoms with E-state index in [4.69, 9.17) is 0 Å². The van der Waals surface area contributed by atoms with Crippen LogP contribution < -0.4 is 5.32 Å². The highest BCUT2D eigenvalue weighted by atomic mass is 16.2. The zero-order chi connectivity index (χ0) is 22.4. The molecule has 1 N–H and O–H groups in total. The maximum Gasteiger partial charge on any atom is 0.227 e. The quantitative estimate of drug-likeness (QED) is 0.589. The van der Waals surface area contributed by atoms with Crippen molar-refractivity contribution in [2.75, 3.05) is 19.6 Å². The molecule has 1 amide bonds. The number of piperidine rings is 1. The normalized spacial score (nSPS) is 19.1. The van der Waals surface area contributed by atoms with Crippen LogP contribution in [0.2, 0.25) is 0 Å². The molecule has 168 valence electrons. The predicted octanol–water partition coefficient (Wildman–Crippen LogP) is 3.83. The van der Waals surface area contributed by atoms with Crippen molar-refractivity contribution in [1.29, 1.82) is 0 Å². The molecule has 1 saturated heterocycles. The first kappa shape index (κ1) is 22.2. The van der Waals surface area contributed by atoms with Crippen LogP contribution in [0.1, 0.15) is 37.3 Å². The summed E-state index contributed by atoms with van der Waals surface area (Å²) in [5, 5.41) is 7.50. The molecule has 6 heteroatoms. The van der Waals surface area contributed by atoms with Gasteiger partial charge in [-0.3, -0.25) is 19.4 Å². The largest absolute Gasteiger partial charge is 0.356 e. The van der Waals surface area contributed by atoms with E-state index in [2.05, 4.69) is 57.7 Å². The third-order valence-corrected chi connectivity index (χ3v) is 6.35. The molecule has 3 aromatic rings. The molecule has 1 fully saturated rings. The molecule has 32 heavy (non-hydrogen) atoms. The Kier molecular flexibility index (Phi) is 7.00. The first-order valence-corrected chi connectivity index (χ1v) is 11.6. The van der Waals surface area contributed by atoms with E-state index >= 15 is 0 Å². The van der Waals surface area contributed by atoms with Gasteiger partial charge in [-0.15, -0.1) is 0 Å². The number of amides is 1. The molecule has 0 radical (unpaired) electrons. The lowest BCUT2D eigenvalue weighted by molar-refractivity contribution is -0.134. The Morgan fingerprint density at radius 1 is 1.09 bits per heavy atom. The fourth-order valence-electron chi connectivity index (χ4n) is 4.76. The molecule has 4 rings (SSSR count). The smallest absolute Gasteiger partial charge is 0.227 e. The highest BCUT2D eigenvalue weighted by Gasteiger charge is 2.42. The summed E-state index contributed by atoms with van der Waals surface area (Å²) >= 11 is 0. The number of aryl methyl sites for hydroxylation is 1. The first-order chi connectivity index (χ1) is 15.6. The summed E-state index contributed by atoms with van der Waals surface area (Å²) in [6.07, 6.45) is 11.2. The van der Waals surface area contributed by atoms with Crippen molar-refractivity contribution in [3.05, 3.63) is 72.3 Å². The van der Waals surface area contributed by atoms with Gasteiger partial charge >= 0.3 is 0 Å². The van der Waals surface area contributed by atoms with E-state index in [0.29, 0.717) is 0 Å². The number of likely N-dealkylation sites (tertiary alicyclic amines) is 1. The number of hydrogen-bond acceptors (Lipinski definition) is 4. The topological polar surface area (TPSA) is 63.1 Å². The van der Waals surface area contributed by atoms with Crippen molar-refractivity contribution >= 4 is 5.91 Å². The summed E-state index contributed by atoms with van der Waals surface area (Å²) in [6.45, 7) is 5.43. The number of benzene rings is 1. The second-order valence-electron chi connectivity index (χ2n) is 8.98. The summed E-state index contributed by atoms with van der Waals surface area (Å²) < 4.78 is 1.84. The highest BCUT2D eigenvalue weighted by Crippen LogP contribution is 2.35. The average Bonchev–Trinajstić information content (AvgIpc) is 3.23. The molecule has 0 unspecified atom stereocenters. The molecule has 0 saturated carbocycles. The van der Waals surface area contributed by atoms with Gasteiger partial charge < -0.3 is 5.32 Å². The fourth-order valence-corrected chi connectivity index (χ4v) is 4.76. The number of carbonyl (C=O) groups excluding carboxylic acids is 1. The van der Waals surface area contributed by atoms with E-state index in [1.807, 2.05) is 42.5 Å². The molecule has 0 bridgehead atoms. The van der Waals surface area contributed by atoms with Gasteiger partial charge in [-0.25, -0.2) is 0 Å². The molecule has 1 aromatic carbocycles. The highest BCUT2D eigenvalue weighted by molar-refractivity contribution is 5.83. The summed E-state index contributed by atoms with van der Waals surface area (Å²) in [5.41, 5.74) is 4.31. The molecule has 0 spiro atoms. The van der Waals surface area contributed by atoms with E-state index in [9.17, 15) is 4.79 Å². The van der Waals surface area contributed by atoms with Gasteiger partial charge in [0.15, 0.2) is 0 Å². The lowest BCUT2D eigenvalue weighted by Crippen LogP contribution is -2.53. The van der Waals surface area contributed by atoms with E-state index < -0.39 is 5.41 Å². The number of carbonyl (C=O) groups is 1. The maximum absolute atomic E-state index is 13.4. The van der Waals surface area contributed by atoms with Gasteiger partial charge in [0.1, 0.15) is 0 Å². The standard InChI is InChI=1S/C26H33N5O/c1-3-12-28-25(32)26(11-4-15-31(20-26)19-22-17-29-30(2)18-22)16-21-5-7-23(8-6-21)24-9-13-27-14-10-24/h5-10,13-14,17-18H,3-4,11-12,15-16,19-20H2,1-2H3,(H,28,32)/t26-/m0/s1. The predicted molar refractivity (Wildman–Crippen MR) is 127 cm³/mol. The van der Waals surface area contributed by atoms with Gasteiger partial charge in [-0.2, -0.15) is 5.10 Å². The Morgan fingerprint density at radius 3 is 2.53 bits per heavy atom. The van der Waals surface area contributed by atoms with Crippen molar-refractivity contribution in [2.45, 2.75) is 39.2 Å². The van der Waals surface area contributed by atoms with Gasteiger partial charge in [0.2, 0.25) is 5.91 Å². The average molecular weight is 432 g/mol. The van der Waals surface area contributed by atoms with E-state index in [1.54, 1.807) is 0 Å². The van der Waals surface area contributed by atoms with E-state index in [-0.39, 0.29) is 5.91 Å². The van der Waals surface area contributed by atoms with Crippen LogP contribution >= 0.6 is 0 Å². The molecule has 1 atom stereocenters. The van der Waals surface area contributed by atoms with Crippen LogP contribution in [0.5, 0.6) is 0 Å². The van der Waals surface area contributed by atoms with Gasteiger partial charge in [0.05, 0.1) is 11.6 Å². The molecule has 6 nitrogen and oxygen atoms in total. The van der Waals surface area contributed by atoms with Crippen molar-refractivity contribution in [1.82, 2.24) is 25.0 Å². The number of nitrogens with zero attached hydrogens (tertiary/aromatic N) is 4. The third-order valence-electron chi connectivity index (χ3n) is 6.35. The van der Waals surface area contributed by atoms with Gasteiger partial charge in [0, 0.05) is 50.8 Å². The van der Waals surface area contributed by atoms with Crippen LogP contribution in [0.25, 0.3) is 11.1 Å². The fraction of sp³-hybridized carbons (Fsp3) is 0.423. The lowest BCUT2D eigenvalue weighted by Gasteiger charge is -2.42. The zero-order valence-corrected chi connectivity index (χ0v) is 19.1. The minimum atomic E-state index is -0.409. The minimum Gasteiger partial charge on any atom is -0.356 e. The van der Waals surface area contributed by atoms with Crippen molar-refractivity contribution in [2.24, 2.45) is 12.5 Å². The Balaban J connectivity index is 1.53. The number of aromatic nitrogens is 3. The number of hydrogen-bond donors (Lipinski definition) is 1. The van der Waals surface area contributed by atoms with Crippen LogP contribution in [-0.2, 0) is 24.8 Å². The molecule has 2 aromatic heterocycles. The summed E-state index contributed by atoms with van der Waals surface area (Å²) in [6, 6.07) is 12.7. The van der Waals surface area contributed by atoms with Crippen molar-refractivity contribution in [3.8, 4) is 11.1 Å². The summed E-state index contributed by atoms with van der Waals surface area (Å²) in [5.74, 6) is 0.188. The monoisotopic (exact) mass is 431 g/mol. The first-order valence-electron chi connectivity index (χ1n) is 11.6. The van der Waals surface area contributed by atoms with Crippen LogP contribution in [0, 0.1) is 5.41 Å². The summed E-state index contributed by atoms with van der Waals surface area (Å²) in [7, 11) is 1.94. The van der Waals surface area contributed by atoms with Crippen LogP contribution in [0.4, 0.5) is 0 Å². The zero-order valence-electron chi connectivity index (χ0n) is 19.1. The number of pyridine rings is 1. The SMILES string of the molecule is CCCNC(=O)[C@]1(Cc2ccc(-c3ccncc3)cc2)CCCN(Cc2cnn(C)c2)C1. The Morgan fingerprint density at radius 2 is 1.84 bits per heavy atom. The van der Waals surface area contributed by atoms with Crippen LogP contribution in [0.15, 0.2) is 61.2 Å². The minimum absolute atomic E-state index is 0.188. The molecule has 0 aliphatic carbocycles. The number of nitrogens with one attached hydrogen (secondary N) is 1. The second kappa shape index (κ2) is 10.1. The van der Waals surface area contributed by atoms with Gasteiger partial charge in [0.25, 0.3) is 0 Å². The van der Waals surface area contributed by atoms with Crippen molar-refractivity contribution in [3.63, 3.8) is 0 Å². The molecule has 1 aliphatic rings. The van der Waals surface area contributed by atoms with Gasteiger partial charge in [-0.1, -0.05) is 31.2 Å². The number of rotatable bonds is 8. The van der Waals surface area contributed by atoms with E-state index in [0.717, 1.165) is 57.4 Å². The lowest BCUT2D eigenvalue weighted by atomic mass is 9.74. The van der Waals surface area contributed by atoms with Crippen LogP contribution in [-0.4, -0.2) is 45.2 Å². The Labute approximate surface area is 190 Å². The Bertz CT molecular complexity index is 1010. The third kappa shape index (κ3) is 5.25. The molecule has 3 heterocycles. The summed E-state index contributed by atoms with van der Waals surface area (Å²) in [4.78, 5) is 19.9. The van der Waals surface area contributed by atoms with Gasteiger partial charge in [-0.05, 0) is 61.1 Å². The van der Waals surface area contributed by atoms with E-state index in [1.165, 1.54) is 16.7 Å². The van der Waals surface area contributed by atoms with Crippen molar-refractivity contribution < 1.29 is 4.79 Å². The Hall–Kier alpha value is -2.99. The second-order valence-corrected chi connectivity index (χ2v) is 8.98. The molecule has 1 aliphatic heterocycles. The molecular weight excluding hydrogens is 398 g/mol.